The van der Waals surface area contributed by atoms with Gasteiger partial charge in [0, 0.05) is 0 Å². The molecule has 4 rings (SSSR count). The summed E-state index contributed by atoms with van der Waals surface area (Å²) in [5.41, 5.74) is 0.0576. The molecule has 0 atom stereocenters. The summed E-state index contributed by atoms with van der Waals surface area (Å²) in [6.45, 7) is 2.25. The maximum Gasteiger partial charge on any atom is 0.166 e. The molecular formula is C25H27OS+. The average molecular weight is 376 g/mol. The highest BCUT2D eigenvalue weighted by atomic mass is 32.2. The first-order chi connectivity index (χ1) is 13.3. The molecule has 0 N–H and O–H groups in total. The lowest BCUT2D eigenvalue weighted by Crippen LogP contribution is -2.31. The van der Waals surface area contributed by atoms with E-state index in [4.69, 9.17) is 4.74 Å². The van der Waals surface area contributed by atoms with Gasteiger partial charge in [0.15, 0.2) is 14.7 Å². The molecule has 0 unspecified atom stereocenters. The van der Waals surface area contributed by atoms with Crippen LogP contribution in [-0.2, 0) is 10.9 Å². The van der Waals surface area contributed by atoms with E-state index in [1.165, 1.54) is 40.4 Å². The van der Waals surface area contributed by atoms with Crippen molar-refractivity contribution in [2.45, 2.75) is 59.3 Å². The Hall–Kier alpha value is -2.19. The molecule has 3 aromatic rings. The summed E-state index contributed by atoms with van der Waals surface area (Å²) >= 11 is 0. The molecule has 0 radical (unpaired) electrons. The summed E-state index contributed by atoms with van der Waals surface area (Å²) < 4.78 is 6.46. The van der Waals surface area contributed by atoms with Crippen molar-refractivity contribution < 1.29 is 4.74 Å². The van der Waals surface area contributed by atoms with Crippen molar-refractivity contribution in [2.24, 2.45) is 0 Å². The molecule has 27 heavy (non-hydrogen) atoms. The molecule has 0 amide bonds. The Morgan fingerprint density at radius 1 is 0.704 bits per heavy atom. The van der Waals surface area contributed by atoms with Gasteiger partial charge in [-0.2, -0.15) is 0 Å². The minimum Gasteiger partial charge on any atom is -0.487 e. The molecule has 0 spiro atoms. The number of benzene rings is 3. The van der Waals surface area contributed by atoms with Gasteiger partial charge in [-0.1, -0.05) is 43.3 Å². The fourth-order valence-corrected chi connectivity index (χ4v) is 6.05. The molecule has 0 aliphatic heterocycles. The first-order valence-corrected chi connectivity index (χ1v) is 11.2. The third-order valence-electron chi connectivity index (χ3n) is 5.51. The number of ether oxygens (including phenoxy) is 1. The van der Waals surface area contributed by atoms with Crippen molar-refractivity contribution in [3.8, 4) is 5.75 Å². The zero-order valence-corrected chi connectivity index (χ0v) is 16.8. The molecule has 1 aliphatic rings. The van der Waals surface area contributed by atoms with E-state index < -0.39 is 0 Å². The van der Waals surface area contributed by atoms with Crippen LogP contribution < -0.4 is 4.74 Å². The van der Waals surface area contributed by atoms with Crippen LogP contribution in [-0.4, -0.2) is 5.60 Å². The highest BCUT2D eigenvalue weighted by Crippen LogP contribution is 2.38. The lowest BCUT2D eigenvalue weighted by Gasteiger charge is -2.29. The molecule has 0 aromatic heterocycles. The quantitative estimate of drug-likeness (QED) is 0.427. The number of hydrogen-bond donors (Lipinski definition) is 0. The molecule has 2 heteroatoms. The third-order valence-corrected chi connectivity index (χ3v) is 7.74. The monoisotopic (exact) mass is 375 g/mol. The number of hydrogen-bond acceptors (Lipinski definition) is 1. The third kappa shape index (κ3) is 4.06. The van der Waals surface area contributed by atoms with E-state index in [1.807, 2.05) is 0 Å². The molecule has 138 valence electrons. The van der Waals surface area contributed by atoms with Crippen LogP contribution in [0.4, 0.5) is 0 Å². The predicted octanol–water partition coefficient (Wildman–Crippen LogP) is 6.88. The van der Waals surface area contributed by atoms with Crippen LogP contribution in [0.3, 0.4) is 0 Å². The highest BCUT2D eigenvalue weighted by Gasteiger charge is 2.34. The Bertz CT molecular complexity index is 797. The van der Waals surface area contributed by atoms with Gasteiger partial charge in [0.1, 0.15) is 11.4 Å². The van der Waals surface area contributed by atoms with Crippen LogP contribution in [0.15, 0.2) is 99.6 Å². The standard InChI is InChI=1S/C25H27OS/c1-2-25(19-9-10-20-25)26-21-15-17-24(18-16-21)27(22-11-5-3-6-12-22)23-13-7-4-8-14-23/h3-8,11-18H,2,9-10,19-20H2,1H3/q+1. The first-order valence-electron chi connectivity index (χ1n) is 9.93. The molecule has 1 aliphatic carbocycles. The second-order valence-electron chi connectivity index (χ2n) is 7.25. The van der Waals surface area contributed by atoms with Gasteiger partial charge in [0.25, 0.3) is 0 Å². The lowest BCUT2D eigenvalue weighted by atomic mass is 9.99. The van der Waals surface area contributed by atoms with Gasteiger partial charge >= 0.3 is 0 Å². The molecule has 0 bridgehead atoms. The van der Waals surface area contributed by atoms with E-state index >= 15 is 0 Å². The Morgan fingerprint density at radius 2 is 1.19 bits per heavy atom. The van der Waals surface area contributed by atoms with Crippen molar-refractivity contribution in [3.63, 3.8) is 0 Å². The van der Waals surface area contributed by atoms with Crippen LogP contribution in [0.25, 0.3) is 0 Å². The lowest BCUT2D eigenvalue weighted by molar-refractivity contribution is 0.0720. The van der Waals surface area contributed by atoms with E-state index in [1.54, 1.807) is 0 Å². The van der Waals surface area contributed by atoms with Gasteiger partial charge in [0.2, 0.25) is 0 Å². The smallest absolute Gasteiger partial charge is 0.166 e. The van der Waals surface area contributed by atoms with Gasteiger partial charge in [-0.25, -0.2) is 0 Å². The zero-order chi connectivity index (χ0) is 18.5. The van der Waals surface area contributed by atoms with Crippen molar-refractivity contribution in [2.75, 3.05) is 0 Å². The zero-order valence-electron chi connectivity index (χ0n) is 15.9. The van der Waals surface area contributed by atoms with Crippen molar-refractivity contribution in [1.29, 1.82) is 0 Å². The van der Waals surface area contributed by atoms with Crippen molar-refractivity contribution in [1.82, 2.24) is 0 Å². The topological polar surface area (TPSA) is 9.23 Å². The molecule has 1 nitrogen and oxygen atoms in total. The first kappa shape index (κ1) is 18.2. The van der Waals surface area contributed by atoms with E-state index in [-0.39, 0.29) is 16.5 Å². The van der Waals surface area contributed by atoms with Crippen LogP contribution in [0.1, 0.15) is 39.0 Å². The average Bonchev–Trinajstić information content (AvgIpc) is 3.20. The summed E-state index contributed by atoms with van der Waals surface area (Å²) in [5.74, 6) is 1.01. The Kier molecular flexibility index (Phi) is 5.54. The largest absolute Gasteiger partial charge is 0.487 e. The SMILES string of the molecule is CCC1(Oc2ccc([S+](c3ccccc3)c3ccccc3)cc2)CCCC1. The number of rotatable bonds is 6. The fraction of sp³-hybridized carbons (Fsp3) is 0.280. The van der Waals surface area contributed by atoms with E-state index in [0.29, 0.717) is 0 Å². The Morgan fingerprint density at radius 3 is 1.67 bits per heavy atom. The molecule has 3 aromatic carbocycles. The predicted molar refractivity (Wildman–Crippen MR) is 114 cm³/mol. The molecule has 0 heterocycles. The maximum atomic E-state index is 6.46. The second-order valence-corrected chi connectivity index (χ2v) is 9.28. The normalized spacial score (nSPS) is 15.8. The van der Waals surface area contributed by atoms with Crippen LogP contribution >= 0.6 is 0 Å². The van der Waals surface area contributed by atoms with E-state index in [2.05, 4.69) is 91.9 Å². The minimum atomic E-state index is -0.0946. The van der Waals surface area contributed by atoms with E-state index in [9.17, 15) is 0 Å². The van der Waals surface area contributed by atoms with Crippen LogP contribution in [0.5, 0.6) is 5.75 Å². The Balaban J connectivity index is 1.63. The van der Waals surface area contributed by atoms with Crippen LogP contribution in [0.2, 0.25) is 0 Å². The molecule has 0 saturated heterocycles. The van der Waals surface area contributed by atoms with Gasteiger partial charge in [-0.3, -0.25) is 0 Å². The molecular weight excluding hydrogens is 348 g/mol. The summed E-state index contributed by atoms with van der Waals surface area (Å²) in [7, 11) is -0.0946. The summed E-state index contributed by atoms with van der Waals surface area (Å²) in [5, 5.41) is 0. The van der Waals surface area contributed by atoms with Crippen molar-refractivity contribution in [3.05, 3.63) is 84.9 Å². The minimum absolute atomic E-state index is 0.0576. The maximum absolute atomic E-state index is 6.46. The van der Waals surface area contributed by atoms with E-state index in [0.717, 1.165) is 12.2 Å². The van der Waals surface area contributed by atoms with Crippen LogP contribution in [0, 0.1) is 0 Å². The summed E-state index contributed by atoms with van der Waals surface area (Å²) in [6, 6.07) is 30.4. The Labute approximate surface area is 165 Å². The highest BCUT2D eigenvalue weighted by molar-refractivity contribution is 7.97. The van der Waals surface area contributed by atoms with Crippen molar-refractivity contribution >= 4 is 10.9 Å². The second kappa shape index (κ2) is 8.22. The van der Waals surface area contributed by atoms with Gasteiger partial charge in [-0.15, -0.1) is 0 Å². The van der Waals surface area contributed by atoms with Gasteiger partial charge in [-0.05, 0) is 80.6 Å². The summed E-state index contributed by atoms with van der Waals surface area (Å²) in [4.78, 5) is 4.02. The summed E-state index contributed by atoms with van der Waals surface area (Å²) in [6.07, 6.45) is 6.04. The van der Waals surface area contributed by atoms with Gasteiger partial charge < -0.3 is 4.74 Å². The molecule has 1 saturated carbocycles. The van der Waals surface area contributed by atoms with Gasteiger partial charge in [0.05, 0.1) is 10.9 Å². The molecule has 1 fully saturated rings. The fourth-order valence-electron chi connectivity index (χ4n) is 3.96.